The van der Waals surface area contributed by atoms with Crippen LogP contribution in [-0.4, -0.2) is 25.5 Å². The van der Waals surface area contributed by atoms with Crippen LogP contribution in [0.5, 0.6) is 0 Å². The van der Waals surface area contributed by atoms with E-state index in [1.54, 1.807) is 26.6 Å². The number of aromatic nitrogens is 1. The first-order chi connectivity index (χ1) is 6.81. The first kappa shape index (κ1) is 10.8. The minimum absolute atomic E-state index is 0.362. The molecule has 0 fully saturated rings. The minimum atomic E-state index is -0.422. The van der Waals surface area contributed by atoms with Gasteiger partial charge in [-0.3, -0.25) is 4.98 Å². The summed E-state index contributed by atoms with van der Waals surface area (Å²) in [7, 11) is 3.11. The number of carbonyl (C=O) groups is 1. The molecular weight excluding hydrogens is 182 g/mol. The lowest BCUT2D eigenvalue weighted by molar-refractivity contribution is -0.107. The molecule has 1 rings (SSSR count). The zero-order valence-electron chi connectivity index (χ0n) is 8.27. The predicted molar refractivity (Wildman–Crippen MR) is 50.8 cm³/mol. The minimum Gasteiger partial charge on any atom is -0.352 e. The maximum absolute atomic E-state index is 10.3. The summed E-state index contributed by atoms with van der Waals surface area (Å²) in [6, 6.07) is 1.85. The summed E-state index contributed by atoms with van der Waals surface area (Å²) in [6.45, 7) is 0. The SMILES string of the molecule is COC(OC)c1cncc(CC=O)c1. The van der Waals surface area contributed by atoms with E-state index in [0.717, 1.165) is 17.4 Å². The molecule has 1 heterocycles. The van der Waals surface area contributed by atoms with E-state index in [1.165, 1.54) is 0 Å². The van der Waals surface area contributed by atoms with E-state index in [1.807, 2.05) is 6.07 Å². The Labute approximate surface area is 82.9 Å². The Morgan fingerprint density at radius 1 is 1.43 bits per heavy atom. The average molecular weight is 195 g/mol. The standard InChI is InChI=1S/C10H13NO3/c1-13-10(14-2)9-5-8(3-4-12)6-11-7-9/h4-7,10H,3H2,1-2H3. The molecule has 0 saturated carbocycles. The van der Waals surface area contributed by atoms with Crippen LogP contribution in [0.1, 0.15) is 17.4 Å². The van der Waals surface area contributed by atoms with Gasteiger partial charge in [0.05, 0.1) is 0 Å². The molecule has 4 nitrogen and oxygen atoms in total. The van der Waals surface area contributed by atoms with Crippen LogP contribution in [0, 0.1) is 0 Å². The number of hydrogen-bond acceptors (Lipinski definition) is 4. The number of pyridine rings is 1. The molecular formula is C10H13NO3. The molecule has 0 bridgehead atoms. The molecule has 0 N–H and O–H groups in total. The van der Waals surface area contributed by atoms with E-state index in [9.17, 15) is 4.79 Å². The third-order valence-electron chi connectivity index (χ3n) is 1.84. The van der Waals surface area contributed by atoms with Crippen molar-refractivity contribution >= 4 is 6.29 Å². The first-order valence-corrected chi connectivity index (χ1v) is 4.25. The molecule has 0 amide bonds. The second-order valence-corrected chi connectivity index (χ2v) is 2.80. The second kappa shape index (κ2) is 5.47. The summed E-state index contributed by atoms with van der Waals surface area (Å²) in [5.74, 6) is 0. The van der Waals surface area contributed by atoms with Gasteiger partial charge in [-0.05, 0) is 11.6 Å². The van der Waals surface area contributed by atoms with Crippen LogP contribution in [0.4, 0.5) is 0 Å². The van der Waals surface area contributed by atoms with Crippen LogP contribution in [0.2, 0.25) is 0 Å². The number of aldehydes is 1. The molecule has 1 aromatic rings. The molecule has 0 atom stereocenters. The topological polar surface area (TPSA) is 48.4 Å². The van der Waals surface area contributed by atoms with E-state index in [0.29, 0.717) is 6.42 Å². The lowest BCUT2D eigenvalue weighted by Crippen LogP contribution is -2.04. The van der Waals surface area contributed by atoms with Gasteiger partial charge in [0.25, 0.3) is 0 Å². The van der Waals surface area contributed by atoms with Crippen LogP contribution in [-0.2, 0) is 20.7 Å². The van der Waals surface area contributed by atoms with Gasteiger partial charge < -0.3 is 14.3 Å². The Morgan fingerprint density at radius 3 is 2.71 bits per heavy atom. The highest BCUT2D eigenvalue weighted by atomic mass is 16.7. The van der Waals surface area contributed by atoms with Crippen LogP contribution < -0.4 is 0 Å². The third-order valence-corrected chi connectivity index (χ3v) is 1.84. The molecule has 0 aliphatic rings. The van der Waals surface area contributed by atoms with E-state index in [4.69, 9.17) is 9.47 Å². The van der Waals surface area contributed by atoms with Gasteiger partial charge in [-0.15, -0.1) is 0 Å². The highest BCUT2D eigenvalue weighted by Crippen LogP contribution is 2.16. The summed E-state index contributed by atoms with van der Waals surface area (Å²) < 4.78 is 10.1. The molecule has 0 spiro atoms. The fourth-order valence-corrected chi connectivity index (χ4v) is 1.21. The molecule has 4 heteroatoms. The van der Waals surface area contributed by atoms with Gasteiger partial charge in [0.1, 0.15) is 6.29 Å². The van der Waals surface area contributed by atoms with Gasteiger partial charge in [-0.2, -0.15) is 0 Å². The zero-order valence-corrected chi connectivity index (χ0v) is 8.27. The Bertz CT molecular complexity index is 297. The monoisotopic (exact) mass is 195 g/mol. The fourth-order valence-electron chi connectivity index (χ4n) is 1.21. The number of methoxy groups -OCH3 is 2. The third kappa shape index (κ3) is 2.61. The Kier molecular flexibility index (Phi) is 4.22. The lowest BCUT2D eigenvalue weighted by atomic mass is 10.1. The normalized spacial score (nSPS) is 10.5. The highest BCUT2D eigenvalue weighted by Gasteiger charge is 2.09. The fraction of sp³-hybridized carbons (Fsp3) is 0.400. The van der Waals surface area contributed by atoms with E-state index >= 15 is 0 Å². The van der Waals surface area contributed by atoms with Crippen LogP contribution in [0.25, 0.3) is 0 Å². The smallest absolute Gasteiger partial charge is 0.184 e. The first-order valence-electron chi connectivity index (χ1n) is 4.25. The van der Waals surface area contributed by atoms with Crippen molar-refractivity contribution in [2.24, 2.45) is 0 Å². The summed E-state index contributed by atoms with van der Waals surface area (Å²) in [5.41, 5.74) is 1.67. The van der Waals surface area contributed by atoms with Gasteiger partial charge in [-0.1, -0.05) is 0 Å². The second-order valence-electron chi connectivity index (χ2n) is 2.80. The molecule has 0 unspecified atom stereocenters. The molecule has 1 aromatic heterocycles. The van der Waals surface area contributed by atoms with Gasteiger partial charge in [0, 0.05) is 38.6 Å². The Balaban J connectivity index is 2.86. The van der Waals surface area contributed by atoms with E-state index in [-0.39, 0.29) is 0 Å². The van der Waals surface area contributed by atoms with E-state index in [2.05, 4.69) is 4.98 Å². The van der Waals surface area contributed by atoms with Crippen LogP contribution >= 0.6 is 0 Å². The molecule has 14 heavy (non-hydrogen) atoms. The van der Waals surface area contributed by atoms with E-state index < -0.39 is 6.29 Å². The molecule has 76 valence electrons. The molecule has 0 aromatic carbocycles. The molecule has 0 aliphatic heterocycles. The zero-order chi connectivity index (χ0) is 10.4. The van der Waals surface area contributed by atoms with Crippen molar-refractivity contribution < 1.29 is 14.3 Å². The molecule has 0 saturated heterocycles. The van der Waals surface area contributed by atoms with Crippen molar-refractivity contribution in [3.63, 3.8) is 0 Å². The maximum Gasteiger partial charge on any atom is 0.184 e. The highest BCUT2D eigenvalue weighted by molar-refractivity contribution is 5.54. The molecule has 0 aliphatic carbocycles. The van der Waals surface area contributed by atoms with Crippen molar-refractivity contribution in [1.82, 2.24) is 4.98 Å². The average Bonchev–Trinajstić information content (AvgIpc) is 2.21. The maximum atomic E-state index is 10.3. The summed E-state index contributed by atoms with van der Waals surface area (Å²) in [4.78, 5) is 14.3. The van der Waals surface area contributed by atoms with Crippen molar-refractivity contribution in [2.45, 2.75) is 12.7 Å². The number of nitrogens with zero attached hydrogens (tertiary/aromatic N) is 1. The number of ether oxygens (including phenoxy) is 2. The quantitative estimate of drug-likeness (QED) is 0.521. The Hall–Kier alpha value is -1.26. The van der Waals surface area contributed by atoms with Gasteiger partial charge >= 0.3 is 0 Å². The number of hydrogen-bond donors (Lipinski definition) is 0. The van der Waals surface area contributed by atoms with Gasteiger partial charge in [-0.25, -0.2) is 0 Å². The predicted octanol–water partition coefficient (Wildman–Crippen LogP) is 1.11. The van der Waals surface area contributed by atoms with Gasteiger partial charge in [0.2, 0.25) is 0 Å². The van der Waals surface area contributed by atoms with Crippen molar-refractivity contribution in [3.05, 3.63) is 29.6 Å². The van der Waals surface area contributed by atoms with Crippen LogP contribution in [0.3, 0.4) is 0 Å². The summed E-state index contributed by atoms with van der Waals surface area (Å²) >= 11 is 0. The van der Waals surface area contributed by atoms with Crippen molar-refractivity contribution in [3.8, 4) is 0 Å². The van der Waals surface area contributed by atoms with Crippen LogP contribution in [0.15, 0.2) is 18.5 Å². The lowest BCUT2D eigenvalue weighted by Gasteiger charge is -2.13. The number of rotatable bonds is 5. The molecule has 0 radical (unpaired) electrons. The summed E-state index contributed by atoms with van der Waals surface area (Å²) in [5, 5.41) is 0. The van der Waals surface area contributed by atoms with Crippen molar-refractivity contribution in [2.75, 3.05) is 14.2 Å². The van der Waals surface area contributed by atoms with Crippen molar-refractivity contribution in [1.29, 1.82) is 0 Å². The van der Waals surface area contributed by atoms with Gasteiger partial charge in [0.15, 0.2) is 6.29 Å². The Morgan fingerprint density at radius 2 is 2.14 bits per heavy atom. The largest absolute Gasteiger partial charge is 0.352 e. The number of carbonyl (C=O) groups excluding carboxylic acids is 1. The summed E-state index contributed by atoms with van der Waals surface area (Å²) in [6.07, 6.45) is 4.09.